The number of carbonyl (C=O) groups excluding carboxylic acids is 2. The summed E-state index contributed by atoms with van der Waals surface area (Å²) in [4.78, 5) is 38.6. The second kappa shape index (κ2) is 16.3. The van der Waals surface area contributed by atoms with Crippen LogP contribution in [0.2, 0.25) is 0 Å². The number of rotatable bonds is 10. The maximum atomic E-state index is 13.7. The first-order valence-corrected chi connectivity index (χ1v) is 21.2. The zero-order valence-electron chi connectivity index (χ0n) is 32.2. The number of amides is 3. The number of piperidine rings is 3. The SMILES string of the molecule is Cn1nc(N2CCC(=O)NC2=O)c2ccc(C3CCN(CC4CCN(c5cccc(S(=O)(=O)N6CCC(Nc7ncc(OC(F)(F)F)cn7)CC6)c5)CC4)CC3)cc21. The number of sulfonamides is 1. The Hall–Kier alpha value is -5.01. The molecule has 3 amide bonds. The van der Waals surface area contributed by atoms with Gasteiger partial charge < -0.3 is 19.9 Å². The minimum absolute atomic E-state index is 0.135. The topological polar surface area (TPSA) is 158 Å². The first-order valence-electron chi connectivity index (χ1n) is 19.8. The fourth-order valence-corrected chi connectivity index (χ4v) is 10.2. The fraction of sp³-hybridized carbons (Fsp3) is 0.513. The van der Waals surface area contributed by atoms with Gasteiger partial charge in [0.05, 0.1) is 22.8 Å². The molecule has 58 heavy (non-hydrogen) atoms. The number of carbonyl (C=O) groups is 2. The Morgan fingerprint density at radius 2 is 1.62 bits per heavy atom. The van der Waals surface area contributed by atoms with Crippen LogP contribution < -0.4 is 25.2 Å². The minimum atomic E-state index is -4.83. The van der Waals surface area contributed by atoms with E-state index in [2.05, 4.69) is 58.4 Å². The molecule has 15 nitrogen and oxygen atoms in total. The summed E-state index contributed by atoms with van der Waals surface area (Å²) in [5.41, 5.74) is 3.15. The average Bonchev–Trinajstić information content (AvgIpc) is 3.53. The fourth-order valence-electron chi connectivity index (χ4n) is 8.65. The summed E-state index contributed by atoms with van der Waals surface area (Å²) in [6, 6.07) is 13.0. The van der Waals surface area contributed by atoms with Crippen LogP contribution in [-0.2, 0) is 21.9 Å². The lowest BCUT2D eigenvalue weighted by Gasteiger charge is -2.38. The van der Waals surface area contributed by atoms with Gasteiger partial charge in [0, 0.05) is 69.9 Å². The van der Waals surface area contributed by atoms with Crippen molar-refractivity contribution < 1.29 is 35.9 Å². The van der Waals surface area contributed by atoms with Gasteiger partial charge in [-0.05, 0) is 99.3 Å². The van der Waals surface area contributed by atoms with Gasteiger partial charge >= 0.3 is 12.4 Å². The van der Waals surface area contributed by atoms with Gasteiger partial charge in [-0.15, -0.1) is 13.2 Å². The third-order valence-corrected chi connectivity index (χ3v) is 13.7. The van der Waals surface area contributed by atoms with Gasteiger partial charge in [-0.2, -0.15) is 9.40 Å². The lowest BCUT2D eigenvalue weighted by molar-refractivity contribution is -0.274. The number of imide groups is 1. The van der Waals surface area contributed by atoms with E-state index in [-0.39, 0.29) is 42.3 Å². The standard InChI is InChI=1S/C39H47F3N10O5S/c1-48-34-21-28(5-6-33(34)36(47-48)52-20-13-35(53)46-38(52)54)27-9-14-49(15-10-27)25-26-7-16-50(17-8-26)30-3-2-4-32(22-30)58(55,56)51-18-11-29(12-19-51)45-37-43-23-31(24-44-37)57-39(40,41)42/h2-6,21-24,26-27,29H,7-20,25H2,1H3,(H,43,44,45)(H,46,53,54). The van der Waals surface area contributed by atoms with Gasteiger partial charge in [0.1, 0.15) is 0 Å². The molecule has 4 saturated heterocycles. The molecule has 8 rings (SSSR count). The van der Waals surface area contributed by atoms with Crippen molar-refractivity contribution in [3.8, 4) is 5.75 Å². The van der Waals surface area contributed by atoms with E-state index >= 15 is 0 Å². The average molecular weight is 825 g/mol. The predicted molar refractivity (Wildman–Crippen MR) is 210 cm³/mol. The van der Waals surface area contributed by atoms with Crippen LogP contribution >= 0.6 is 0 Å². The number of fused-ring (bicyclic) bond motifs is 1. The molecule has 0 unspecified atom stereocenters. The molecule has 4 aliphatic heterocycles. The highest BCUT2D eigenvalue weighted by Gasteiger charge is 2.33. The van der Waals surface area contributed by atoms with Gasteiger partial charge in [-0.25, -0.2) is 23.2 Å². The Morgan fingerprint density at radius 3 is 2.31 bits per heavy atom. The Balaban J connectivity index is 0.793. The van der Waals surface area contributed by atoms with Crippen molar-refractivity contribution in [2.24, 2.45) is 13.0 Å². The van der Waals surface area contributed by atoms with Crippen LogP contribution in [-0.4, -0.2) is 114 Å². The molecule has 0 saturated carbocycles. The lowest BCUT2D eigenvalue weighted by Crippen LogP contribution is -2.49. The summed E-state index contributed by atoms with van der Waals surface area (Å²) in [5, 5.41) is 11.0. The first kappa shape index (κ1) is 39.8. The smallest absolute Gasteiger partial charge is 0.402 e. The van der Waals surface area contributed by atoms with E-state index in [1.165, 1.54) is 14.8 Å². The number of aryl methyl sites for hydroxylation is 1. The highest BCUT2D eigenvalue weighted by Crippen LogP contribution is 2.35. The van der Waals surface area contributed by atoms with E-state index in [4.69, 9.17) is 0 Å². The van der Waals surface area contributed by atoms with E-state index in [1.54, 1.807) is 18.2 Å². The van der Waals surface area contributed by atoms with Crippen molar-refractivity contribution in [3.05, 3.63) is 60.4 Å². The maximum absolute atomic E-state index is 13.7. The lowest BCUT2D eigenvalue weighted by atomic mass is 9.88. The number of hydrogen-bond acceptors (Lipinski definition) is 11. The molecule has 2 aromatic carbocycles. The molecular weight excluding hydrogens is 778 g/mol. The van der Waals surface area contributed by atoms with E-state index in [0.29, 0.717) is 37.0 Å². The molecule has 0 aliphatic carbocycles. The molecule has 2 aromatic heterocycles. The zero-order chi connectivity index (χ0) is 40.6. The first-order chi connectivity index (χ1) is 27.8. The van der Waals surface area contributed by atoms with Gasteiger partial charge in [-0.3, -0.25) is 19.7 Å². The van der Waals surface area contributed by atoms with Gasteiger partial charge in [-0.1, -0.05) is 12.1 Å². The van der Waals surface area contributed by atoms with E-state index in [9.17, 15) is 31.2 Å². The largest absolute Gasteiger partial charge is 0.573 e. The highest BCUT2D eigenvalue weighted by molar-refractivity contribution is 7.89. The van der Waals surface area contributed by atoms with Crippen molar-refractivity contribution in [3.63, 3.8) is 0 Å². The number of alkyl halides is 3. The molecule has 4 aromatic rings. The number of aromatic nitrogens is 4. The molecule has 6 heterocycles. The number of halogens is 3. The second-order valence-electron chi connectivity index (χ2n) is 15.6. The van der Waals surface area contributed by atoms with Crippen LogP contribution in [0.3, 0.4) is 0 Å². The van der Waals surface area contributed by atoms with E-state index in [0.717, 1.165) is 87.4 Å². The highest BCUT2D eigenvalue weighted by atomic mass is 32.2. The summed E-state index contributed by atoms with van der Waals surface area (Å²) in [6.45, 7) is 5.69. The van der Waals surface area contributed by atoms with E-state index < -0.39 is 28.2 Å². The third-order valence-electron chi connectivity index (χ3n) is 11.8. The zero-order valence-corrected chi connectivity index (χ0v) is 33.0. The number of nitrogens with zero attached hydrogens (tertiary/aromatic N) is 8. The van der Waals surface area contributed by atoms with Gasteiger partial charge in [0.15, 0.2) is 11.6 Å². The second-order valence-corrected chi connectivity index (χ2v) is 17.5. The number of hydrogen-bond donors (Lipinski definition) is 2. The third kappa shape index (κ3) is 8.85. The quantitative estimate of drug-likeness (QED) is 0.220. The maximum Gasteiger partial charge on any atom is 0.573 e. The van der Waals surface area contributed by atoms with Crippen molar-refractivity contribution in [2.75, 3.05) is 67.5 Å². The summed E-state index contributed by atoms with van der Waals surface area (Å²) < 4.78 is 71.8. The van der Waals surface area contributed by atoms with Crippen LogP contribution in [0.5, 0.6) is 5.75 Å². The molecule has 0 bridgehead atoms. The van der Waals surface area contributed by atoms with Crippen LogP contribution in [0.15, 0.2) is 59.8 Å². The molecule has 4 aliphatic rings. The summed E-state index contributed by atoms with van der Waals surface area (Å²) in [6.07, 6.45) is 2.47. The van der Waals surface area contributed by atoms with Crippen LogP contribution in [0.4, 0.5) is 35.4 Å². The van der Waals surface area contributed by atoms with E-state index in [1.807, 2.05) is 17.8 Å². The molecule has 4 fully saturated rings. The van der Waals surface area contributed by atoms with Gasteiger partial charge in [0.25, 0.3) is 0 Å². The van der Waals surface area contributed by atoms with Crippen LogP contribution in [0, 0.1) is 5.92 Å². The molecule has 0 atom stereocenters. The normalized spacial score (nSPS) is 20.1. The molecule has 310 valence electrons. The number of nitrogens with one attached hydrogen (secondary N) is 2. The summed E-state index contributed by atoms with van der Waals surface area (Å²) in [7, 11) is -1.85. The van der Waals surface area contributed by atoms with Crippen molar-refractivity contribution in [1.82, 2.24) is 34.3 Å². The Morgan fingerprint density at radius 1 is 0.897 bits per heavy atom. The van der Waals surface area contributed by atoms with Crippen molar-refractivity contribution in [1.29, 1.82) is 0 Å². The van der Waals surface area contributed by atoms with Gasteiger partial charge in [0.2, 0.25) is 21.9 Å². The summed E-state index contributed by atoms with van der Waals surface area (Å²) in [5.74, 6) is 0.946. The molecular formula is C39H47F3N10O5S. The molecule has 0 spiro atoms. The summed E-state index contributed by atoms with van der Waals surface area (Å²) >= 11 is 0. The monoisotopic (exact) mass is 824 g/mol. The Kier molecular flexibility index (Phi) is 11.2. The molecule has 19 heteroatoms. The van der Waals surface area contributed by atoms with Crippen molar-refractivity contribution >= 4 is 50.3 Å². The molecule has 0 radical (unpaired) electrons. The minimum Gasteiger partial charge on any atom is -0.402 e. The molecule has 2 N–H and O–H groups in total. The Bertz CT molecular complexity index is 2230. The van der Waals surface area contributed by atoms with Crippen LogP contribution in [0.25, 0.3) is 10.9 Å². The Labute approximate surface area is 334 Å². The number of anilines is 3. The number of urea groups is 1. The number of ether oxygens (including phenoxy) is 1. The van der Waals surface area contributed by atoms with Crippen LogP contribution in [0.1, 0.15) is 56.4 Å². The van der Waals surface area contributed by atoms with Crippen molar-refractivity contribution in [2.45, 2.75) is 68.2 Å². The predicted octanol–water partition coefficient (Wildman–Crippen LogP) is 5.07. The number of benzene rings is 2. The number of likely N-dealkylation sites (tertiary alicyclic amines) is 1.